The van der Waals surface area contributed by atoms with Crippen LogP contribution in [0.3, 0.4) is 0 Å². The van der Waals surface area contributed by atoms with E-state index in [-0.39, 0.29) is 9.80 Å². The zero-order valence-electron chi connectivity index (χ0n) is 16.7. The van der Waals surface area contributed by atoms with Crippen molar-refractivity contribution < 1.29 is 18.3 Å². The smallest absolute Gasteiger partial charge is 0.295 e. The Balaban J connectivity index is 1.93. The number of carbonyl (C=O) groups excluding carboxylic acids is 1. The highest BCUT2D eigenvalue weighted by atomic mass is 79.9. The predicted octanol–water partition coefficient (Wildman–Crippen LogP) is 5.34. The average Bonchev–Trinajstić information content (AvgIpc) is 3.06. The average molecular weight is 498 g/mol. The first-order valence-electron chi connectivity index (χ1n) is 9.76. The summed E-state index contributed by atoms with van der Waals surface area (Å²) >= 11 is 3.37. The molecule has 5 nitrogen and oxygen atoms in total. The lowest BCUT2D eigenvalue weighted by Crippen LogP contribution is -2.31. The Kier molecular flexibility index (Phi) is 5.73. The number of rotatable bonds is 5. The monoisotopic (exact) mass is 497 g/mol. The molecule has 31 heavy (non-hydrogen) atoms. The minimum Gasteiger partial charge on any atom is -0.502 e. The van der Waals surface area contributed by atoms with Crippen LogP contribution in [0.4, 0.5) is 5.69 Å². The molecular weight excluding hydrogens is 478 g/mol. The summed E-state index contributed by atoms with van der Waals surface area (Å²) in [5, 5.41) is 10.8. The van der Waals surface area contributed by atoms with Crippen molar-refractivity contribution in [3.05, 3.63) is 105 Å². The van der Waals surface area contributed by atoms with Crippen LogP contribution in [-0.2, 0) is 21.1 Å². The molecule has 1 aliphatic heterocycles. The lowest BCUT2D eigenvalue weighted by molar-refractivity contribution is -0.117. The van der Waals surface area contributed by atoms with E-state index in [4.69, 9.17) is 0 Å². The molecule has 3 aromatic carbocycles. The molecule has 0 aliphatic carbocycles. The Morgan fingerprint density at radius 1 is 0.935 bits per heavy atom. The molecule has 1 atom stereocenters. The number of halogens is 1. The van der Waals surface area contributed by atoms with Crippen molar-refractivity contribution in [1.82, 2.24) is 0 Å². The van der Waals surface area contributed by atoms with Crippen molar-refractivity contribution in [2.75, 3.05) is 4.90 Å². The lowest BCUT2D eigenvalue weighted by Gasteiger charge is -2.27. The maximum atomic E-state index is 13.5. The molecule has 0 saturated heterocycles. The van der Waals surface area contributed by atoms with E-state index < -0.39 is 27.5 Å². The highest BCUT2D eigenvalue weighted by molar-refractivity contribution is 9.10. The number of carbonyl (C=O) groups is 1. The second-order valence-corrected chi connectivity index (χ2v) is 10.0. The maximum absolute atomic E-state index is 13.5. The number of nitrogens with zero attached hydrogens (tertiary/aromatic N) is 1. The van der Waals surface area contributed by atoms with Crippen molar-refractivity contribution in [3.8, 4) is 0 Å². The second kappa shape index (κ2) is 8.32. The van der Waals surface area contributed by atoms with E-state index in [2.05, 4.69) is 15.9 Å². The van der Waals surface area contributed by atoms with E-state index in [0.717, 1.165) is 16.5 Å². The van der Waals surface area contributed by atoms with Crippen LogP contribution in [0.2, 0.25) is 0 Å². The number of aliphatic hydroxyl groups is 1. The summed E-state index contributed by atoms with van der Waals surface area (Å²) in [5.74, 6) is -1.50. The number of benzene rings is 3. The van der Waals surface area contributed by atoms with Crippen LogP contribution in [0.25, 0.3) is 0 Å². The quantitative estimate of drug-likeness (QED) is 0.515. The Morgan fingerprint density at radius 2 is 1.55 bits per heavy atom. The van der Waals surface area contributed by atoms with Crippen molar-refractivity contribution in [2.45, 2.75) is 24.3 Å². The fraction of sp³-hybridized carbons (Fsp3) is 0.125. The van der Waals surface area contributed by atoms with Gasteiger partial charge in [-0.1, -0.05) is 65.3 Å². The van der Waals surface area contributed by atoms with Gasteiger partial charge in [-0.2, -0.15) is 0 Å². The first-order valence-corrected chi connectivity index (χ1v) is 12.0. The van der Waals surface area contributed by atoms with E-state index in [1.807, 2.05) is 31.2 Å². The molecule has 1 heterocycles. The second-order valence-electron chi connectivity index (χ2n) is 7.18. The Labute approximate surface area is 189 Å². The van der Waals surface area contributed by atoms with Crippen molar-refractivity contribution >= 4 is 37.4 Å². The Morgan fingerprint density at radius 3 is 2.13 bits per heavy atom. The van der Waals surface area contributed by atoms with Crippen LogP contribution < -0.4 is 4.90 Å². The number of aliphatic hydroxyl groups excluding tert-OH is 1. The topological polar surface area (TPSA) is 74.7 Å². The standard InChI is InChI=1S/C24H20BrNO4S/c1-2-16-8-10-17(11-9-16)21-23(31(29,30)20-6-4-3-5-7-20)22(27)24(28)26(21)19-14-12-18(25)13-15-19/h3-15,21,27H,2H2,1H3/t21-/m0/s1. The van der Waals surface area contributed by atoms with E-state index in [9.17, 15) is 18.3 Å². The minimum absolute atomic E-state index is 0.0252. The van der Waals surface area contributed by atoms with E-state index in [0.29, 0.717) is 11.3 Å². The van der Waals surface area contributed by atoms with Gasteiger partial charge < -0.3 is 5.11 Å². The molecule has 0 unspecified atom stereocenters. The van der Waals surface area contributed by atoms with Gasteiger partial charge in [-0.3, -0.25) is 9.69 Å². The lowest BCUT2D eigenvalue weighted by atomic mass is 10.0. The van der Waals surface area contributed by atoms with Crippen LogP contribution in [0, 0.1) is 0 Å². The third-order valence-electron chi connectivity index (χ3n) is 5.31. The van der Waals surface area contributed by atoms with Crippen LogP contribution in [0.15, 0.2) is 98.9 Å². The molecule has 3 aromatic rings. The molecule has 0 radical (unpaired) electrons. The highest BCUT2D eigenvalue weighted by Gasteiger charge is 2.47. The van der Waals surface area contributed by atoms with Gasteiger partial charge in [-0.05, 0) is 53.9 Å². The minimum atomic E-state index is -4.13. The molecule has 7 heteroatoms. The number of sulfone groups is 1. The van der Waals surface area contributed by atoms with Crippen molar-refractivity contribution in [1.29, 1.82) is 0 Å². The van der Waals surface area contributed by atoms with Crippen LogP contribution >= 0.6 is 15.9 Å². The van der Waals surface area contributed by atoms with Crippen molar-refractivity contribution in [3.63, 3.8) is 0 Å². The molecule has 158 valence electrons. The van der Waals surface area contributed by atoms with Gasteiger partial charge in [-0.15, -0.1) is 0 Å². The van der Waals surface area contributed by atoms with Gasteiger partial charge in [0, 0.05) is 10.2 Å². The summed E-state index contributed by atoms with van der Waals surface area (Å²) in [7, 11) is -4.13. The van der Waals surface area contributed by atoms with Gasteiger partial charge in [0.2, 0.25) is 9.84 Å². The summed E-state index contributed by atoms with van der Waals surface area (Å²) in [6.07, 6.45) is 0.830. The van der Waals surface area contributed by atoms with E-state index in [1.54, 1.807) is 42.5 Å². The summed E-state index contributed by atoms with van der Waals surface area (Å²) in [6.45, 7) is 2.03. The number of hydrogen-bond donors (Lipinski definition) is 1. The summed E-state index contributed by atoms with van der Waals surface area (Å²) in [6, 6.07) is 21.2. The first kappa shape index (κ1) is 21.3. The zero-order chi connectivity index (χ0) is 22.2. The van der Waals surface area contributed by atoms with Gasteiger partial charge in [0.25, 0.3) is 5.91 Å². The molecule has 0 bridgehead atoms. The molecule has 0 saturated carbocycles. The first-order chi connectivity index (χ1) is 14.8. The molecule has 0 spiro atoms. The normalized spacial score (nSPS) is 16.8. The van der Waals surface area contributed by atoms with E-state index >= 15 is 0 Å². The number of aryl methyl sites for hydroxylation is 1. The molecule has 4 rings (SSSR count). The van der Waals surface area contributed by atoms with Gasteiger partial charge in [-0.25, -0.2) is 8.42 Å². The molecule has 1 aliphatic rings. The largest absolute Gasteiger partial charge is 0.502 e. The third-order valence-corrected chi connectivity index (χ3v) is 7.73. The molecule has 1 N–H and O–H groups in total. The SMILES string of the molecule is CCc1ccc([C@H]2C(S(=O)(=O)c3ccccc3)=C(O)C(=O)N2c2ccc(Br)cc2)cc1. The Hall–Kier alpha value is -2.90. The van der Waals surface area contributed by atoms with Crippen LogP contribution in [-0.4, -0.2) is 19.4 Å². The van der Waals surface area contributed by atoms with Gasteiger partial charge in [0.15, 0.2) is 5.76 Å². The molecule has 1 amide bonds. The van der Waals surface area contributed by atoms with Gasteiger partial charge >= 0.3 is 0 Å². The van der Waals surface area contributed by atoms with Gasteiger partial charge in [0.05, 0.1) is 4.90 Å². The zero-order valence-corrected chi connectivity index (χ0v) is 19.1. The predicted molar refractivity (Wildman–Crippen MR) is 123 cm³/mol. The maximum Gasteiger partial charge on any atom is 0.295 e. The Bertz CT molecular complexity index is 1250. The fourth-order valence-corrected chi connectivity index (χ4v) is 5.60. The summed E-state index contributed by atoms with van der Waals surface area (Å²) in [4.78, 5) is 14.2. The van der Waals surface area contributed by atoms with Crippen LogP contribution in [0.1, 0.15) is 24.1 Å². The number of hydrogen-bond acceptors (Lipinski definition) is 4. The molecular formula is C24H20BrNO4S. The van der Waals surface area contributed by atoms with Crippen LogP contribution in [0.5, 0.6) is 0 Å². The summed E-state index contributed by atoms with van der Waals surface area (Å²) in [5.41, 5.74) is 2.18. The van der Waals surface area contributed by atoms with Crippen molar-refractivity contribution in [2.24, 2.45) is 0 Å². The fourth-order valence-electron chi connectivity index (χ4n) is 3.69. The van der Waals surface area contributed by atoms with Gasteiger partial charge in [0.1, 0.15) is 10.9 Å². The number of amides is 1. The van der Waals surface area contributed by atoms with E-state index in [1.165, 1.54) is 17.0 Å². The molecule has 0 aromatic heterocycles. The number of anilines is 1. The highest BCUT2D eigenvalue weighted by Crippen LogP contribution is 2.44. The summed E-state index contributed by atoms with van der Waals surface area (Å²) < 4.78 is 27.9. The third kappa shape index (κ3) is 3.79. The molecule has 0 fully saturated rings.